The first kappa shape index (κ1) is 16.3. The van der Waals surface area contributed by atoms with E-state index in [4.69, 9.17) is 4.74 Å². The van der Waals surface area contributed by atoms with E-state index in [0.717, 1.165) is 12.1 Å². The minimum Gasteiger partial charge on any atom is -0.465 e. The number of esters is 1. The summed E-state index contributed by atoms with van der Waals surface area (Å²) in [6.07, 6.45) is 0.944. The number of para-hydroxylation sites is 1. The van der Waals surface area contributed by atoms with Crippen LogP contribution in [0.15, 0.2) is 24.3 Å². The fraction of sp³-hybridized carbons (Fsp3) is 0.368. The summed E-state index contributed by atoms with van der Waals surface area (Å²) >= 11 is 0. The third-order valence-corrected chi connectivity index (χ3v) is 4.77. The number of fused-ring (bicyclic) bond motifs is 1. The van der Waals surface area contributed by atoms with Crippen molar-refractivity contribution in [1.29, 1.82) is 0 Å². The largest absolute Gasteiger partial charge is 0.465 e. The van der Waals surface area contributed by atoms with Gasteiger partial charge in [0.15, 0.2) is 5.78 Å². The van der Waals surface area contributed by atoms with E-state index in [1.807, 2.05) is 12.1 Å². The fourth-order valence-electron chi connectivity index (χ4n) is 3.54. The molecule has 0 fully saturated rings. The zero-order valence-corrected chi connectivity index (χ0v) is 14.5. The Balaban J connectivity index is 1.88. The number of carbonyl (C=O) groups excluding carboxylic acids is 2. The van der Waals surface area contributed by atoms with E-state index in [1.54, 1.807) is 13.8 Å². The number of aromatic amines is 1. The van der Waals surface area contributed by atoms with Crippen LogP contribution in [0.5, 0.6) is 0 Å². The molecule has 0 aliphatic carbocycles. The Labute approximate surface area is 141 Å². The lowest BCUT2D eigenvalue weighted by Crippen LogP contribution is -2.34. The number of hydrogen-bond donors (Lipinski definition) is 1. The van der Waals surface area contributed by atoms with Crippen molar-refractivity contribution in [2.45, 2.75) is 33.2 Å². The molecule has 0 radical (unpaired) electrons. The summed E-state index contributed by atoms with van der Waals surface area (Å²) in [5.41, 5.74) is 4.65. The highest BCUT2D eigenvalue weighted by Crippen LogP contribution is 2.32. The van der Waals surface area contributed by atoms with Crippen LogP contribution < -0.4 is 4.90 Å². The molecule has 1 unspecified atom stereocenters. The first-order chi connectivity index (χ1) is 11.4. The lowest BCUT2D eigenvalue weighted by Gasteiger charge is -2.24. The van der Waals surface area contributed by atoms with Crippen LogP contribution in [-0.4, -0.2) is 36.4 Å². The first-order valence-corrected chi connectivity index (χ1v) is 8.09. The van der Waals surface area contributed by atoms with Crippen LogP contribution in [0.4, 0.5) is 5.69 Å². The van der Waals surface area contributed by atoms with Gasteiger partial charge in [0.2, 0.25) is 0 Å². The zero-order chi connectivity index (χ0) is 17.4. The Kier molecular flexibility index (Phi) is 4.18. The molecule has 2 heterocycles. The molecule has 1 aliphatic rings. The standard InChI is InChI=1S/C19H22N2O3/c1-11-9-14-7-5-6-8-15(14)21(11)10-16(22)18-12(2)17(13(3)20-18)19(23)24-4/h5-8,11,20H,9-10H2,1-4H3. The highest BCUT2D eigenvalue weighted by Gasteiger charge is 2.29. The molecule has 1 aliphatic heterocycles. The van der Waals surface area contributed by atoms with Crippen molar-refractivity contribution in [3.05, 3.63) is 52.3 Å². The molecule has 126 valence electrons. The van der Waals surface area contributed by atoms with Gasteiger partial charge >= 0.3 is 5.97 Å². The number of carbonyl (C=O) groups is 2. The van der Waals surface area contributed by atoms with E-state index < -0.39 is 5.97 Å². The number of nitrogens with zero attached hydrogens (tertiary/aromatic N) is 1. The van der Waals surface area contributed by atoms with Gasteiger partial charge in [0, 0.05) is 17.4 Å². The Morgan fingerprint density at radius 1 is 1.29 bits per heavy atom. The van der Waals surface area contributed by atoms with Gasteiger partial charge in [-0.05, 0) is 44.4 Å². The molecule has 0 amide bonds. The number of hydrogen-bond acceptors (Lipinski definition) is 4. The second-order valence-corrected chi connectivity index (χ2v) is 6.35. The summed E-state index contributed by atoms with van der Waals surface area (Å²) < 4.78 is 4.81. The first-order valence-electron chi connectivity index (χ1n) is 8.09. The molecular formula is C19H22N2O3. The summed E-state index contributed by atoms with van der Waals surface area (Å²) in [6.45, 7) is 5.98. The molecule has 24 heavy (non-hydrogen) atoms. The van der Waals surface area contributed by atoms with Gasteiger partial charge in [-0.25, -0.2) is 4.79 Å². The predicted octanol–water partition coefficient (Wildman–Crippen LogP) is 3.05. The maximum atomic E-state index is 12.8. The summed E-state index contributed by atoms with van der Waals surface area (Å²) in [4.78, 5) is 29.9. The van der Waals surface area contributed by atoms with Gasteiger partial charge in [0.25, 0.3) is 0 Å². The third-order valence-electron chi connectivity index (χ3n) is 4.77. The number of benzene rings is 1. The number of H-pyrrole nitrogens is 1. The number of ketones is 1. The number of nitrogens with one attached hydrogen (secondary N) is 1. The van der Waals surface area contributed by atoms with E-state index in [-0.39, 0.29) is 11.8 Å². The van der Waals surface area contributed by atoms with Crippen LogP contribution in [0.25, 0.3) is 0 Å². The normalized spacial score (nSPS) is 16.2. The average molecular weight is 326 g/mol. The number of Topliss-reactive ketones (excluding diaryl/α,β-unsaturated/α-hetero) is 1. The second kappa shape index (κ2) is 6.15. The van der Waals surface area contributed by atoms with Gasteiger partial charge in [-0.2, -0.15) is 0 Å². The van der Waals surface area contributed by atoms with Gasteiger partial charge in [0.1, 0.15) is 0 Å². The van der Waals surface area contributed by atoms with Crippen LogP contribution in [0.1, 0.15) is 44.6 Å². The Hall–Kier alpha value is -2.56. The van der Waals surface area contributed by atoms with Crippen molar-refractivity contribution in [1.82, 2.24) is 4.98 Å². The van der Waals surface area contributed by atoms with Gasteiger partial charge < -0.3 is 14.6 Å². The molecular weight excluding hydrogens is 304 g/mol. The molecule has 3 rings (SSSR count). The molecule has 1 aromatic heterocycles. The predicted molar refractivity (Wildman–Crippen MR) is 92.9 cm³/mol. The number of aromatic nitrogens is 1. The topological polar surface area (TPSA) is 62.4 Å². The molecule has 2 aromatic rings. The SMILES string of the molecule is COC(=O)c1c(C)[nH]c(C(=O)CN2c3ccccc3CC2C)c1C. The second-order valence-electron chi connectivity index (χ2n) is 6.35. The molecule has 0 bridgehead atoms. The smallest absolute Gasteiger partial charge is 0.339 e. The monoisotopic (exact) mass is 326 g/mol. The van der Waals surface area contributed by atoms with Crippen LogP contribution in [-0.2, 0) is 11.2 Å². The maximum Gasteiger partial charge on any atom is 0.339 e. The fourth-order valence-corrected chi connectivity index (χ4v) is 3.54. The number of methoxy groups -OCH3 is 1. The summed E-state index contributed by atoms with van der Waals surface area (Å²) in [6, 6.07) is 8.46. The zero-order valence-electron chi connectivity index (χ0n) is 14.5. The van der Waals surface area contributed by atoms with E-state index >= 15 is 0 Å². The molecule has 0 saturated carbocycles. The molecule has 5 heteroatoms. The van der Waals surface area contributed by atoms with Gasteiger partial charge in [-0.3, -0.25) is 4.79 Å². The van der Waals surface area contributed by atoms with Crippen molar-refractivity contribution in [3.8, 4) is 0 Å². The Morgan fingerprint density at radius 2 is 2.00 bits per heavy atom. The lowest BCUT2D eigenvalue weighted by molar-refractivity contribution is 0.0599. The minimum absolute atomic E-state index is 0.0192. The van der Waals surface area contributed by atoms with E-state index in [2.05, 4.69) is 28.9 Å². The van der Waals surface area contributed by atoms with Crippen LogP contribution in [0, 0.1) is 13.8 Å². The van der Waals surface area contributed by atoms with Crippen molar-refractivity contribution in [3.63, 3.8) is 0 Å². The summed E-state index contributed by atoms with van der Waals surface area (Å²) in [7, 11) is 1.35. The molecule has 0 saturated heterocycles. The van der Waals surface area contributed by atoms with Crippen LogP contribution >= 0.6 is 0 Å². The van der Waals surface area contributed by atoms with E-state index in [0.29, 0.717) is 29.1 Å². The quantitative estimate of drug-likeness (QED) is 0.693. The van der Waals surface area contributed by atoms with Crippen molar-refractivity contribution in [2.75, 3.05) is 18.6 Å². The van der Waals surface area contributed by atoms with E-state index in [9.17, 15) is 9.59 Å². The highest BCUT2D eigenvalue weighted by molar-refractivity contribution is 6.03. The molecule has 0 spiro atoms. The Morgan fingerprint density at radius 3 is 2.71 bits per heavy atom. The minimum atomic E-state index is -0.416. The highest BCUT2D eigenvalue weighted by atomic mass is 16.5. The number of anilines is 1. The summed E-state index contributed by atoms with van der Waals surface area (Å²) in [5.74, 6) is -0.436. The Bertz CT molecular complexity index is 807. The van der Waals surface area contributed by atoms with Crippen molar-refractivity contribution < 1.29 is 14.3 Å². The number of rotatable bonds is 4. The summed E-state index contributed by atoms with van der Waals surface area (Å²) in [5, 5.41) is 0. The molecule has 1 N–H and O–H groups in total. The van der Waals surface area contributed by atoms with Gasteiger partial charge in [-0.1, -0.05) is 18.2 Å². The van der Waals surface area contributed by atoms with Crippen LogP contribution in [0.2, 0.25) is 0 Å². The molecule has 1 atom stereocenters. The third kappa shape index (κ3) is 2.60. The number of aryl methyl sites for hydroxylation is 1. The average Bonchev–Trinajstić information content (AvgIpc) is 3.03. The molecule has 5 nitrogen and oxygen atoms in total. The van der Waals surface area contributed by atoms with Crippen molar-refractivity contribution >= 4 is 17.4 Å². The van der Waals surface area contributed by atoms with E-state index in [1.165, 1.54) is 12.7 Å². The molecule has 1 aromatic carbocycles. The number of ether oxygens (including phenoxy) is 1. The maximum absolute atomic E-state index is 12.8. The van der Waals surface area contributed by atoms with Crippen molar-refractivity contribution in [2.24, 2.45) is 0 Å². The van der Waals surface area contributed by atoms with Gasteiger partial charge in [-0.15, -0.1) is 0 Å². The lowest BCUT2D eigenvalue weighted by atomic mass is 10.1. The van der Waals surface area contributed by atoms with Gasteiger partial charge in [0.05, 0.1) is 24.9 Å². The van der Waals surface area contributed by atoms with Crippen LogP contribution in [0.3, 0.4) is 0 Å².